The van der Waals surface area contributed by atoms with Gasteiger partial charge in [0.15, 0.2) is 0 Å². The van der Waals surface area contributed by atoms with E-state index in [0.717, 1.165) is 23.5 Å². The number of aromatic nitrogens is 2. The van der Waals surface area contributed by atoms with E-state index >= 15 is 0 Å². The maximum Gasteiger partial charge on any atom is 0.0736 e. The molecule has 0 aromatic carbocycles. The monoisotopic (exact) mass is 239 g/mol. The minimum atomic E-state index is 0.349. The molecular formula is C15H17N3. The second kappa shape index (κ2) is 4.18. The lowest BCUT2D eigenvalue weighted by Gasteiger charge is -2.10. The van der Waals surface area contributed by atoms with E-state index < -0.39 is 0 Å². The van der Waals surface area contributed by atoms with Crippen LogP contribution in [0.4, 0.5) is 0 Å². The molecule has 2 aromatic heterocycles. The summed E-state index contributed by atoms with van der Waals surface area (Å²) in [5.41, 5.74) is 7.01. The van der Waals surface area contributed by atoms with E-state index in [1.54, 1.807) is 0 Å². The largest absolute Gasteiger partial charge is 0.305 e. The van der Waals surface area contributed by atoms with E-state index in [1.807, 2.05) is 19.2 Å². The fourth-order valence-corrected chi connectivity index (χ4v) is 2.55. The van der Waals surface area contributed by atoms with Crippen molar-refractivity contribution in [1.82, 2.24) is 15.3 Å². The Morgan fingerprint density at radius 1 is 1.28 bits per heavy atom. The number of rotatable bonds is 1. The molecule has 1 atom stereocenters. The average molecular weight is 239 g/mol. The van der Waals surface area contributed by atoms with Gasteiger partial charge in [-0.3, -0.25) is 9.97 Å². The molecule has 18 heavy (non-hydrogen) atoms. The average Bonchev–Trinajstić information content (AvgIpc) is 2.69. The first-order valence-electron chi connectivity index (χ1n) is 6.32. The van der Waals surface area contributed by atoms with Crippen molar-refractivity contribution in [3.05, 3.63) is 46.9 Å². The summed E-state index contributed by atoms with van der Waals surface area (Å²) in [6.45, 7) is 7.23. The molecule has 1 aliphatic heterocycles. The van der Waals surface area contributed by atoms with Crippen molar-refractivity contribution in [2.45, 2.75) is 33.4 Å². The van der Waals surface area contributed by atoms with Crippen LogP contribution < -0.4 is 5.32 Å². The molecule has 0 amide bonds. The maximum atomic E-state index is 4.85. The Balaban J connectivity index is 2.16. The summed E-state index contributed by atoms with van der Waals surface area (Å²) in [6, 6.07) is 6.72. The number of fused-ring (bicyclic) bond motifs is 1. The highest BCUT2D eigenvalue weighted by Gasteiger charge is 2.21. The first-order valence-corrected chi connectivity index (χ1v) is 6.32. The molecule has 0 saturated heterocycles. The van der Waals surface area contributed by atoms with Crippen LogP contribution in [-0.4, -0.2) is 9.97 Å². The summed E-state index contributed by atoms with van der Waals surface area (Å²) in [7, 11) is 0. The van der Waals surface area contributed by atoms with Gasteiger partial charge in [0.05, 0.1) is 11.4 Å². The zero-order valence-electron chi connectivity index (χ0n) is 11.0. The third-order valence-corrected chi connectivity index (χ3v) is 3.50. The molecule has 0 spiro atoms. The summed E-state index contributed by atoms with van der Waals surface area (Å²) in [4.78, 5) is 9.10. The van der Waals surface area contributed by atoms with Crippen molar-refractivity contribution in [2.24, 2.45) is 0 Å². The highest BCUT2D eigenvalue weighted by Crippen LogP contribution is 2.29. The SMILES string of the molecule is Cc1cc(-c2nc3c(cc2C)CN[C@@H]3C)ccn1. The third kappa shape index (κ3) is 1.81. The number of pyridine rings is 2. The third-order valence-electron chi connectivity index (χ3n) is 3.50. The topological polar surface area (TPSA) is 37.8 Å². The molecule has 1 N–H and O–H groups in total. The first-order chi connectivity index (χ1) is 8.65. The van der Waals surface area contributed by atoms with Gasteiger partial charge in [-0.15, -0.1) is 0 Å². The van der Waals surface area contributed by atoms with E-state index in [1.165, 1.54) is 16.8 Å². The van der Waals surface area contributed by atoms with Gasteiger partial charge in [-0.1, -0.05) is 6.07 Å². The maximum absolute atomic E-state index is 4.85. The number of hydrogen-bond acceptors (Lipinski definition) is 3. The van der Waals surface area contributed by atoms with Crippen LogP contribution >= 0.6 is 0 Å². The van der Waals surface area contributed by atoms with Crippen molar-refractivity contribution >= 4 is 0 Å². The summed E-state index contributed by atoms with van der Waals surface area (Å²) in [5.74, 6) is 0. The number of aryl methyl sites for hydroxylation is 2. The zero-order valence-corrected chi connectivity index (χ0v) is 11.0. The molecule has 92 valence electrons. The Bertz CT molecular complexity index is 605. The van der Waals surface area contributed by atoms with Crippen LogP contribution in [0.15, 0.2) is 24.4 Å². The lowest BCUT2D eigenvalue weighted by molar-refractivity contribution is 0.624. The van der Waals surface area contributed by atoms with Crippen LogP contribution in [0.5, 0.6) is 0 Å². The predicted octanol–water partition coefficient (Wildman–Crippen LogP) is 2.92. The van der Waals surface area contributed by atoms with Crippen LogP contribution in [0, 0.1) is 13.8 Å². The number of nitrogens with zero attached hydrogens (tertiary/aromatic N) is 2. The van der Waals surface area contributed by atoms with Crippen LogP contribution in [0.3, 0.4) is 0 Å². The van der Waals surface area contributed by atoms with Gasteiger partial charge in [0.2, 0.25) is 0 Å². The quantitative estimate of drug-likeness (QED) is 0.831. The summed E-state index contributed by atoms with van der Waals surface area (Å²) in [5, 5.41) is 3.43. The van der Waals surface area contributed by atoms with Crippen LogP contribution in [0.25, 0.3) is 11.3 Å². The van der Waals surface area contributed by atoms with Crippen molar-refractivity contribution in [1.29, 1.82) is 0 Å². The molecule has 3 heteroatoms. The van der Waals surface area contributed by atoms with E-state index in [0.29, 0.717) is 6.04 Å². The van der Waals surface area contributed by atoms with Crippen LogP contribution in [0.1, 0.15) is 35.5 Å². The second-order valence-electron chi connectivity index (χ2n) is 4.99. The van der Waals surface area contributed by atoms with Crippen LogP contribution in [-0.2, 0) is 6.54 Å². The highest BCUT2D eigenvalue weighted by molar-refractivity contribution is 5.64. The van der Waals surface area contributed by atoms with Crippen molar-refractivity contribution in [2.75, 3.05) is 0 Å². The Labute approximate surface area is 107 Å². The van der Waals surface area contributed by atoms with Gasteiger partial charge >= 0.3 is 0 Å². The van der Waals surface area contributed by atoms with Gasteiger partial charge < -0.3 is 5.32 Å². The summed E-state index contributed by atoms with van der Waals surface area (Å²) in [6.07, 6.45) is 1.85. The van der Waals surface area contributed by atoms with E-state index in [9.17, 15) is 0 Å². The molecule has 0 unspecified atom stereocenters. The molecule has 3 heterocycles. The van der Waals surface area contributed by atoms with Gasteiger partial charge in [-0.2, -0.15) is 0 Å². The molecular weight excluding hydrogens is 222 g/mol. The zero-order chi connectivity index (χ0) is 12.7. The lowest BCUT2D eigenvalue weighted by Crippen LogP contribution is -2.08. The second-order valence-corrected chi connectivity index (χ2v) is 4.99. The molecule has 0 saturated carbocycles. The van der Waals surface area contributed by atoms with Gasteiger partial charge in [0, 0.05) is 30.0 Å². The lowest BCUT2D eigenvalue weighted by atomic mass is 10.0. The Kier molecular flexibility index (Phi) is 2.63. The van der Waals surface area contributed by atoms with Gasteiger partial charge in [-0.05, 0) is 44.0 Å². The van der Waals surface area contributed by atoms with E-state index in [4.69, 9.17) is 4.98 Å². The smallest absolute Gasteiger partial charge is 0.0736 e. The molecule has 3 nitrogen and oxygen atoms in total. The Morgan fingerprint density at radius 2 is 2.11 bits per heavy atom. The fraction of sp³-hybridized carbons (Fsp3) is 0.333. The van der Waals surface area contributed by atoms with Gasteiger partial charge in [-0.25, -0.2) is 0 Å². The van der Waals surface area contributed by atoms with E-state index in [-0.39, 0.29) is 0 Å². The van der Waals surface area contributed by atoms with Crippen LogP contribution in [0.2, 0.25) is 0 Å². The molecule has 0 fully saturated rings. The van der Waals surface area contributed by atoms with Gasteiger partial charge in [0.25, 0.3) is 0 Å². The molecule has 2 aromatic rings. The molecule has 3 rings (SSSR count). The number of nitrogens with one attached hydrogen (secondary N) is 1. The van der Waals surface area contributed by atoms with Crippen molar-refractivity contribution in [3.63, 3.8) is 0 Å². The molecule has 0 radical (unpaired) electrons. The summed E-state index contributed by atoms with van der Waals surface area (Å²) < 4.78 is 0. The first kappa shape index (κ1) is 11.4. The Hall–Kier alpha value is -1.74. The molecule has 1 aliphatic rings. The fourth-order valence-electron chi connectivity index (χ4n) is 2.55. The van der Waals surface area contributed by atoms with E-state index in [2.05, 4.69) is 36.3 Å². The summed E-state index contributed by atoms with van der Waals surface area (Å²) >= 11 is 0. The Morgan fingerprint density at radius 3 is 2.89 bits per heavy atom. The minimum absolute atomic E-state index is 0.349. The van der Waals surface area contributed by atoms with Gasteiger partial charge in [0.1, 0.15) is 0 Å². The highest BCUT2D eigenvalue weighted by atomic mass is 15.0. The van der Waals surface area contributed by atoms with Crippen molar-refractivity contribution < 1.29 is 0 Å². The standard InChI is InChI=1S/C15H17N3/c1-9-6-13-8-17-11(3)15(13)18-14(9)12-4-5-16-10(2)7-12/h4-7,11,17H,8H2,1-3H3/t11-/m1/s1. The molecule has 0 aliphatic carbocycles. The molecule has 0 bridgehead atoms. The normalized spacial score (nSPS) is 17.8. The van der Waals surface area contributed by atoms with Crippen molar-refractivity contribution in [3.8, 4) is 11.3 Å². The number of hydrogen-bond donors (Lipinski definition) is 1. The predicted molar refractivity (Wildman–Crippen MR) is 72.2 cm³/mol. The minimum Gasteiger partial charge on any atom is -0.305 e.